The van der Waals surface area contributed by atoms with Gasteiger partial charge in [-0.25, -0.2) is 29.9 Å². The maximum Gasteiger partial charge on any atom is 0.160 e. The first kappa shape index (κ1) is 44.4. The van der Waals surface area contributed by atoms with Gasteiger partial charge in [-0.1, -0.05) is 243 Å². The molecule has 0 saturated carbocycles. The third kappa shape index (κ3) is 8.11. The second kappa shape index (κ2) is 19.0. The van der Waals surface area contributed by atoms with E-state index in [2.05, 4.69) is 218 Å². The molecule has 0 spiro atoms. The molecule has 76 heavy (non-hydrogen) atoms. The Morgan fingerprint density at radius 1 is 0.184 bits per heavy atom. The van der Waals surface area contributed by atoms with E-state index in [0.29, 0.717) is 11.6 Å². The van der Waals surface area contributed by atoms with Crippen molar-refractivity contribution in [1.82, 2.24) is 29.9 Å². The highest BCUT2D eigenvalue weighted by molar-refractivity contribution is 6.14. The molecule has 10 aromatic carbocycles. The lowest BCUT2D eigenvalue weighted by Crippen LogP contribution is -1.98. The van der Waals surface area contributed by atoms with E-state index in [4.69, 9.17) is 29.9 Å². The van der Waals surface area contributed by atoms with Crippen LogP contribution in [0, 0.1) is 0 Å². The van der Waals surface area contributed by atoms with Crippen LogP contribution >= 0.6 is 0 Å². The molecular weight excluding hydrogens is 925 g/mol. The van der Waals surface area contributed by atoms with Gasteiger partial charge in [0.2, 0.25) is 0 Å². The fourth-order valence-corrected chi connectivity index (χ4v) is 10.5. The van der Waals surface area contributed by atoms with Crippen molar-refractivity contribution in [2.75, 3.05) is 0 Å². The zero-order valence-corrected chi connectivity index (χ0v) is 41.1. The van der Waals surface area contributed by atoms with E-state index >= 15 is 0 Å². The normalized spacial score (nSPS) is 11.4. The summed E-state index contributed by atoms with van der Waals surface area (Å²) in [6, 6.07) is 92.7. The summed E-state index contributed by atoms with van der Waals surface area (Å²) in [5, 5.41) is 3.94. The lowest BCUT2D eigenvalue weighted by Gasteiger charge is -2.15. The first-order chi connectivity index (χ1) is 37.7. The summed E-state index contributed by atoms with van der Waals surface area (Å²) in [4.78, 5) is 32.1. The van der Waals surface area contributed by atoms with Crippen molar-refractivity contribution in [3.63, 3.8) is 0 Å². The van der Waals surface area contributed by atoms with E-state index in [-0.39, 0.29) is 0 Å². The van der Waals surface area contributed by atoms with Gasteiger partial charge in [-0.2, -0.15) is 0 Å². The molecule has 4 aromatic heterocycles. The molecule has 6 nitrogen and oxygen atoms in total. The van der Waals surface area contributed by atoms with E-state index in [9.17, 15) is 0 Å². The summed E-state index contributed by atoms with van der Waals surface area (Å²) in [5.74, 6) is 1.29. The van der Waals surface area contributed by atoms with Crippen molar-refractivity contribution in [2.45, 2.75) is 0 Å². The number of hydrogen-bond acceptors (Lipinski definition) is 6. The van der Waals surface area contributed by atoms with Gasteiger partial charge >= 0.3 is 0 Å². The number of hydrogen-bond donors (Lipinski definition) is 0. The summed E-state index contributed by atoms with van der Waals surface area (Å²) >= 11 is 0. The van der Waals surface area contributed by atoms with Crippen LogP contribution < -0.4 is 0 Å². The fraction of sp³-hybridized carbons (Fsp3) is 0. The average Bonchev–Trinajstić information content (AvgIpc) is 3.60. The predicted molar refractivity (Wildman–Crippen MR) is 312 cm³/mol. The van der Waals surface area contributed by atoms with E-state index < -0.39 is 0 Å². The number of nitrogens with zero attached hydrogens (tertiary/aromatic N) is 6. The lowest BCUT2D eigenvalue weighted by atomic mass is 9.95. The van der Waals surface area contributed by atoms with Gasteiger partial charge < -0.3 is 0 Å². The Balaban J connectivity index is 0.883. The third-order valence-corrected chi connectivity index (χ3v) is 14.3. The molecule has 0 bridgehead atoms. The fourth-order valence-electron chi connectivity index (χ4n) is 10.5. The van der Waals surface area contributed by atoms with Gasteiger partial charge in [-0.05, 0) is 57.6 Å². The maximum atomic E-state index is 5.39. The zero-order chi connectivity index (χ0) is 50.4. The minimum atomic E-state index is 0.646. The molecule has 6 heteroatoms. The highest BCUT2D eigenvalue weighted by Gasteiger charge is 2.21. The zero-order valence-electron chi connectivity index (χ0n) is 41.1. The van der Waals surface area contributed by atoms with Crippen molar-refractivity contribution in [3.05, 3.63) is 267 Å². The Morgan fingerprint density at radius 2 is 0.461 bits per heavy atom. The topological polar surface area (TPSA) is 77.3 Å². The van der Waals surface area contributed by atoms with Crippen molar-refractivity contribution in [2.24, 2.45) is 0 Å². The molecular formula is C70H44N6. The van der Waals surface area contributed by atoms with Gasteiger partial charge in [0.05, 0.1) is 33.8 Å². The average molecular weight is 969 g/mol. The van der Waals surface area contributed by atoms with Crippen LogP contribution in [0.5, 0.6) is 0 Å². The molecule has 0 saturated heterocycles. The molecule has 14 aromatic rings. The Labute approximate surface area is 439 Å². The van der Waals surface area contributed by atoms with E-state index in [1.165, 1.54) is 0 Å². The number of pyridine rings is 2. The largest absolute Gasteiger partial charge is 0.245 e. The van der Waals surface area contributed by atoms with Crippen molar-refractivity contribution < 1.29 is 0 Å². The maximum absolute atomic E-state index is 5.39. The Kier molecular flexibility index (Phi) is 11.1. The van der Waals surface area contributed by atoms with Crippen molar-refractivity contribution >= 4 is 43.6 Å². The molecule has 0 unspecified atom stereocenters. The molecule has 14 rings (SSSR count). The molecule has 0 radical (unpaired) electrons. The van der Waals surface area contributed by atoms with Crippen LogP contribution in [-0.4, -0.2) is 29.9 Å². The second-order valence-electron chi connectivity index (χ2n) is 19.0. The van der Waals surface area contributed by atoms with Gasteiger partial charge in [-0.3, -0.25) is 0 Å². The monoisotopic (exact) mass is 968 g/mol. The SMILES string of the molecule is c1ccc(-c2cc(-c3ccccc3)c3ccc4c(-c5ccc(-c6ccc(-c7nc(-c8ccccc8)nc8c7ccc7c(-c9ccccc9)cc(-c9ccccc9)nc78)cc6)cc5)nc(-c5ccccc5)nc4c3n2)cc1. The number of rotatable bonds is 9. The number of aromatic nitrogens is 6. The Hall–Kier alpha value is -10.3. The van der Waals surface area contributed by atoms with Crippen LogP contribution in [0.1, 0.15) is 0 Å². The van der Waals surface area contributed by atoms with Crippen LogP contribution in [0.3, 0.4) is 0 Å². The van der Waals surface area contributed by atoms with Gasteiger partial charge in [0.25, 0.3) is 0 Å². The summed E-state index contributed by atoms with van der Waals surface area (Å²) in [5.41, 5.74) is 19.3. The Morgan fingerprint density at radius 3 is 0.803 bits per heavy atom. The number of fused-ring (bicyclic) bond motifs is 6. The molecule has 0 aliphatic rings. The van der Waals surface area contributed by atoms with Crippen molar-refractivity contribution in [1.29, 1.82) is 0 Å². The molecule has 0 N–H and O–H groups in total. The van der Waals surface area contributed by atoms with Crippen LogP contribution in [0.25, 0.3) is 145 Å². The molecule has 0 aliphatic heterocycles. The van der Waals surface area contributed by atoms with Crippen molar-refractivity contribution in [3.8, 4) is 101 Å². The summed E-state index contributed by atoms with van der Waals surface area (Å²) in [6.45, 7) is 0. The predicted octanol–water partition coefficient (Wildman–Crippen LogP) is 17.7. The van der Waals surface area contributed by atoms with Crippen LogP contribution in [-0.2, 0) is 0 Å². The quantitative estimate of drug-likeness (QED) is 0.134. The smallest absolute Gasteiger partial charge is 0.160 e. The van der Waals surface area contributed by atoms with E-state index in [1.54, 1.807) is 0 Å². The van der Waals surface area contributed by atoms with Gasteiger partial charge in [0.1, 0.15) is 11.0 Å². The Bertz CT molecular complexity index is 4150. The second-order valence-corrected chi connectivity index (χ2v) is 19.0. The highest BCUT2D eigenvalue weighted by Crippen LogP contribution is 2.41. The molecule has 0 atom stereocenters. The molecule has 0 fully saturated rings. The molecule has 354 valence electrons. The summed E-state index contributed by atoms with van der Waals surface area (Å²) in [7, 11) is 0. The van der Waals surface area contributed by atoms with Crippen LogP contribution in [0.15, 0.2) is 267 Å². The van der Waals surface area contributed by atoms with Gasteiger partial charge in [0, 0.05) is 54.9 Å². The summed E-state index contributed by atoms with van der Waals surface area (Å²) < 4.78 is 0. The van der Waals surface area contributed by atoms with Crippen LogP contribution in [0.2, 0.25) is 0 Å². The minimum Gasteiger partial charge on any atom is -0.245 e. The number of benzene rings is 10. The molecule has 0 aliphatic carbocycles. The summed E-state index contributed by atoms with van der Waals surface area (Å²) in [6.07, 6.45) is 0. The first-order valence-corrected chi connectivity index (χ1v) is 25.5. The molecule has 4 heterocycles. The lowest BCUT2D eigenvalue weighted by molar-refractivity contribution is 1.23. The van der Waals surface area contributed by atoms with E-state index in [1.807, 2.05) is 48.5 Å². The highest BCUT2D eigenvalue weighted by atomic mass is 14.9. The third-order valence-electron chi connectivity index (χ3n) is 14.3. The first-order valence-electron chi connectivity index (χ1n) is 25.5. The van der Waals surface area contributed by atoms with Gasteiger partial charge in [0.15, 0.2) is 11.6 Å². The molecule has 0 amide bonds. The van der Waals surface area contributed by atoms with E-state index in [0.717, 1.165) is 133 Å². The standard InChI is InChI=1S/C70H44N6/c1-7-19-47(20-8-1)59-43-61(49-23-11-3-12-24-49)71-65-55(59)39-41-57-63(73-69(75-67(57)65)53-27-15-5-16-28-53)51-35-31-45(32-36-51)46-33-37-52(38-34-46)64-58-42-40-56-60(48-21-9-2-10-22-48)44-62(50-25-13-4-14-26-50)72-66(56)68(58)76-70(74-64)54-29-17-6-18-30-54/h1-44H. The van der Waals surface area contributed by atoms with Gasteiger partial charge in [-0.15, -0.1) is 0 Å². The van der Waals surface area contributed by atoms with Crippen LogP contribution in [0.4, 0.5) is 0 Å². The minimum absolute atomic E-state index is 0.646.